The summed E-state index contributed by atoms with van der Waals surface area (Å²) < 4.78 is 0.764. The molecule has 1 aromatic heterocycles. The monoisotopic (exact) mass is 309 g/mol. The normalized spacial score (nSPS) is 11.3. The number of hydrogen-bond donors (Lipinski definition) is 2. The van der Waals surface area contributed by atoms with Crippen molar-refractivity contribution in [1.82, 2.24) is 5.32 Å². The fourth-order valence-electron chi connectivity index (χ4n) is 1.35. The van der Waals surface area contributed by atoms with Crippen LogP contribution in [0.5, 0.6) is 0 Å². The molecule has 4 nitrogen and oxygen atoms in total. The molecule has 7 heteroatoms. The smallest absolute Gasteiger partial charge is 0.303 e. The highest BCUT2D eigenvalue weighted by Gasteiger charge is 2.24. The van der Waals surface area contributed by atoms with Crippen LogP contribution in [0.2, 0.25) is 8.67 Å². The van der Waals surface area contributed by atoms with Crippen LogP contribution in [0.15, 0.2) is 6.07 Å². The Bertz CT molecular complexity index is 471. The molecular formula is C11H13Cl2NO3S. The number of amides is 1. The lowest BCUT2D eigenvalue weighted by molar-refractivity contribution is -0.137. The summed E-state index contributed by atoms with van der Waals surface area (Å²) in [7, 11) is 0. The summed E-state index contributed by atoms with van der Waals surface area (Å²) >= 11 is 12.8. The number of carbonyl (C=O) groups excluding carboxylic acids is 1. The number of aliphatic carboxylic acids is 1. The van der Waals surface area contributed by atoms with Crippen LogP contribution in [0, 0.1) is 0 Å². The lowest BCUT2D eigenvalue weighted by Gasteiger charge is -2.25. The maximum Gasteiger partial charge on any atom is 0.303 e. The van der Waals surface area contributed by atoms with E-state index in [-0.39, 0.29) is 12.3 Å². The third kappa shape index (κ3) is 4.48. The van der Waals surface area contributed by atoms with Gasteiger partial charge in [0, 0.05) is 12.0 Å². The summed E-state index contributed by atoms with van der Waals surface area (Å²) in [5, 5.41) is 11.4. The molecule has 1 rings (SSSR count). The molecule has 0 unspecified atom stereocenters. The molecule has 0 aliphatic heterocycles. The molecule has 0 spiro atoms. The van der Waals surface area contributed by atoms with Gasteiger partial charge in [-0.1, -0.05) is 23.2 Å². The number of thiophene rings is 1. The molecule has 0 saturated carbocycles. The van der Waals surface area contributed by atoms with Crippen LogP contribution >= 0.6 is 34.5 Å². The van der Waals surface area contributed by atoms with Crippen molar-refractivity contribution in [2.24, 2.45) is 0 Å². The number of carbonyl (C=O) groups is 2. The molecule has 1 amide bonds. The molecule has 0 radical (unpaired) electrons. The Kier molecular flexibility index (Phi) is 5.01. The van der Waals surface area contributed by atoms with E-state index in [0.717, 1.165) is 11.3 Å². The van der Waals surface area contributed by atoms with Crippen molar-refractivity contribution in [1.29, 1.82) is 0 Å². The van der Waals surface area contributed by atoms with E-state index in [1.165, 1.54) is 6.07 Å². The maximum atomic E-state index is 11.9. The maximum absolute atomic E-state index is 11.9. The van der Waals surface area contributed by atoms with Crippen LogP contribution in [0.4, 0.5) is 0 Å². The van der Waals surface area contributed by atoms with E-state index < -0.39 is 11.5 Å². The summed E-state index contributed by atoms with van der Waals surface area (Å²) in [6, 6.07) is 1.50. The highest BCUT2D eigenvalue weighted by molar-refractivity contribution is 7.20. The second-order valence-corrected chi connectivity index (χ2v) is 6.76. The minimum absolute atomic E-state index is 0.00853. The van der Waals surface area contributed by atoms with E-state index in [2.05, 4.69) is 5.32 Å². The molecule has 0 bridgehead atoms. The average Bonchev–Trinajstić information content (AvgIpc) is 2.54. The summed E-state index contributed by atoms with van der Waals surface area (Å²) in [5.41, 5.74) is -0.303. The zero-order chi connectivity index (χ0) is 13.9. The van der Waals surface area contributed by atoms with Gasteiger partial charge in [-0.25, -0.2) is 0 Å². The molecule has 18 heavy (non-hydrogen) atoms. The van der Waals surface area contributed by atoms with Gasteiger partial charge in [-0.05, 0) is 26.3 Å². The lowest BCUT2D eigenvalue weighted by Crippen LogP contribution is -2.43. The van der Waals surface area contributed by atoms with E-state index in [0.29, 0.717) is 20.7 Å². The van der Waals surface area contributed by atoms with Crippen molar-refractivity contribution in [3.63, 3.8) is 0 Å². The zero-order valence-corrected chi connectivity index (χ0v) is 12.2. The highest BCUT2D eigenvalue weighted by atomic mass is 35.5. The molecule has 0 saturated heterocycles. The SMILES string of the molecule is CC(C)(CCC(=O)O)NC(=O)c1cc(Cl)sc1Cl. The number of rotatable bonds is 5. The molecule has 1 heterocycles. The summed E-state index contributed by atoms with van der Waals surface area (Å²) in [4.78, 5) is 22.5. The minimum Gasteiger partial charge on any atom is -0.481 e. The van der Waals surface area contributed by atoms with Crippen LogP contribution in [0.25, 0.3) is 0 Å². The Morgan fingerprint density at radius 3 is 2.50 bits per heavy atom. The zero-order valence-electron chi connectivity index (χ0n) is 9.92. The van der Waals surface area contributed by atoms with Gasteiger partial charge in [0.25, 0.3) is 5.91 Å². The number of hydrogen-bond acceptors (Lipinski definition) is 3. The van der Waals surface area contributed by atoms with Gasteiger partial charge in [-0.15, -0.1) is 11.3 Å². The largest absolute Gasteiger partial charge is 0.481 e. The predicted molar refractivity (Wildman–Crippen MR) is 72.8 cm³/mol. The topological polar surface area (TPSA) is 66.4 Å². The molecule has 0 aliphatic carbocycles. The lowest BCUT2D eigenvalue weighted by atomic mass is 9.98. The van der Waals surface area contributed by atoms with Crippen molar-refractivity contribution in [3.05, 3.63) is 20.3 Å². The van der Waals surface area contributed by atoms with Crippen LogP contribution in [0.3, 0.4) is 0 Å². The van der Waals surface area contributed by atoms with Gasteiger partial charge in [0.05, 0.1) is 9.90 Å². The fourth-order valence-corrected chi connectivity index (χ4v) is 2.81. The van der Waals surface area contributed by atoms with Crippen LogP contribution in [-0.2, 0) is 4.79 Å². The summed E-state index contributed by atoms with van der Waals surface area (Å²) in [6.07, 6.45) is 0.328. The molecular weight excluding hydrogens is 297 g/mol. The average molecular weight is 310 g/mol. The second-order valence-electron chi connectivity index (χ2n) is 4.47. The fraction of sp³-hybridized carbons (Fsp3) is 0.455. The molecule has 0 aromatic carbocycles. The Balaban J connectivity index is 2.69. The first-order valence-electron chi connectivity index (χ1n) is 5.20. The van der Waals surface area contributed by atoms with Gasteiger partial charge in [-0.2, -0.15) is 0 Å². The van der Waals surface area contributed by atoms with Crippen molar-refractivity contribution >= 4 is 46.4 Å². The third-order valence-corrected chi connectivity index (χ3v) is 3.80. The van der Waals surface area contributed by atoms with Crippen LogP contribution < -0.4 is 5.32 Å². The standard InChI is InChI=1S/C11H13Cl2NO3S/c1-11(2,4-3-8(15)16)14-10(17)6-5-7(12)18-9(6)13/h5H,3-4H2,1-2H3,(H,14,17)(H,15,16). The van der Waals surface area contributed by atoms with Crippen LogP contribution in [0.1, 0.15) is 37.0 Å². The second kappa shape index (κ2) is 5.91. The van der Waals surface area contributed by atoms with E-state index in [4.69, 9.17) is 28.3 Å². The Hall–Kier alpha value is -0.780. The van der Waals surface area contributed by atoms with Gasteiger partial charge < -0.3 is 10.4 Å². The Morgan fingerprint density at radius 2 is 2.06 bits per heavy atom. The first kappa shape index (κ1) is 15.3. The Labute approximate surface area is 119 Å². The Morgan fingerprint density at radius 1 is 1.44 bits per heavy atom. The molecule has 2 N–H and O–H groups in total. The van der Waals surface area contributed by atoms with Gasteiger partial charge in [0.1, 0.15) is 4.34 Å². The van der Waals surface area contributed by atoms with E-state index >= 15 is 0 Å². The van der Waals surface area contributed by atoms with Crippen molar-refractivity contribution < 1.29 is 14.7 Å². The summed E-state index contributed by atoms with van der Waals surface area (Å²) in [5.74, 6) is -1.24. The molecule has 0 fully saturated rings. The number of carboxylic acid groups (broad SMARTS) is 1. The van der Waals surface area contributed by atoms with Gasteiger partial charge >= 0.3 is 5.97 Å². The van der Waals surface area contributed by atoms with Crippen LogP contribution in [-0.4, -0.2) is 22.5 Å². The quantitative estimate of drug-likeness (QED) is 0.875. The molecule has 100 valence electrons. The predicted octanol–water partition coefficient (Wildman–Crippen LogP) is 3.43. The third-order valence-electron chi connectivity index (χ3n) is 2.32. The highest BCUT2D eigenvalue weighted by Crippen LogP contribution is 2.31. The molecule has 0 atom stereocenters. The number of carboxylic acids is 1. The van der Waals surface area contributed by atoms with Crippen molar-refractivity contribution in [3.8, 4) is 0 Å². The van der Waals surface area contributed by atoms with E-state index in [1.54, 1.807) is 13.8 Å². The first-order valence-corrected chi connectivity index (χ1v) is 6.77. The van der Waals surface area contributed by atoms with Gasteiger partial charge in [0.2, 0.25) is 0 Å². The molecule has 0 aliphatic rings. The van der Waals surface area contributed by atoms with E-state index in [9.17, 15) is 9.59 Å². The number of halogens is 2. The first-order chi connectivity index (χ1) is 8.21. The van der Waals surface area contributed by atoms with E-state index in [1.807, 2.05) is 0 Å². The molecule has 1 aromatic rings. The minimum atomic E-state index is -0.895. The number of nitrogens with one attached hydrogen (secondary N) is 1. The van der Waals surface area contributed by atoms with Gasteiger partial charge in [-0.3, -0.25) is 9.59 Å². The van der Waals surface area contributed by atoms with Crippen molar-refractivity contribution in [2.75, 3.05) is 0 Å². The summed E-state index contributed by atoms with van der Waals surface area (Å²) in [6.45, 7) is 3.52. The van der Waals surface area contributed by atoms with Gasteiger partial charge in [0.15, 0.2) is 0 Å². The van der Waals surface area contributed by atoms with Crippen molar-refractivity contribution in [2.45, 2.75) is 32.2 Å².